The molecule has 0 aromatic carbocycles. The molecule has 7 nitrogen and oxygen atoms in total. The number of aliphatic hydroxyl groups excluding tert-OH is 2. The van der Waals surface area contributed by atoms with Crippen molar-refractivity contribution in [1.82, 2.24) is 5.32 Å². The van der Waals surface area contributed by atoms with Crippen LogP contribution in [0.1, 0.15) is 95.4 Å². The molecule has 212 valence electrons. The third-order valence-corrected chi connectivity index (χ3v) is 4.82. The molecule has 0 spiro atoms. The Morgan fingerprint density at radius 3 is 1.53 bits per heavy atom. The Kier molecular flexibility index (Phi) is 29.5. The third-order valence-electron chi connectivity index (χ3n) is 4.82. The van der Waals surface area contributed by atoms with Crippen LogP contribution < -0.4 is 5.32 Å². The van der Waals surface area contributed by atoms with Gasteiger partial charge in [-0.1, -0.05) is 34.6 Å². The summed E-state index contributed by atoms with van der Waals surface area (Å²) in [5, 5.41) is 20.4. The fourth-order valence-corrected chi connectivity index (χ4v) is 1.98. The van der Waals surface area contributed by atoms with Crippen molar-refractivity contribution in [1.29, 1.82) is 0 Å². The van der Waals surface area contributed by atoms with Crippen LogP contribution in [0.3, 0.4) is 0 Å². The topological polar surface area (TPSA) is 105 Å². The maximum Gasteiger partial charge on any atom is 0.0856 e. The molecule has 0 unspecified atom stereocenters. The number of rotatable bonds is 12. The summed E-state index contributed by atoms with van der Waals surface area (Å²) in [5.41, 5.74) is -1.25. The molecular formula is C27H55NO6Y2-2. The van der Waals surface area contributed by atoms with Crippen molar-refractivity contribution in [3.8, 4) is 0 Å². The van der Waals surface area contributed by atoms with Crippen LogP contribution in [0.2, 0.25) is 0 Å². The molecule has 0 fully saturated rings. The number of carbonyl (C=O) groups excluding carboxylic acids is 2. The fourth-order valence-electron chi connectivity index (χ4n) is 1.98. The Morgan fingerprint density at radius 1 is 0.806 bits per heavy atom. The molecule has 0 saturated carbocycles. The normalized spacial score (nSPS) is 11.6. The summed E-state index contributed by atoms with van der Waals surface area (Å²) >= 11 is 0. The molecular weight excluding hydrogens is 612 g/mol. The minimum atomic E-state index is -0.366. The first-order valence-electron chi connectivity index (χ1n) is 12.1. The molecule has 0 aromatic heterocycles. The molecule has 0 aromatic rings. The maximum atomic E-state index is 10.8. The van der Waals surface area contributed by atoms with Gasteiger partial charge in [0.15, 0.2) is 0 Å². The Morgan fingerprint density at radius 2 is 1.22 bits per heavy atom. The Bertz CT molecular complexity index is 559. The number of nitrogens with one attached hydrogen (secondary N) is 1. The molecule has 0 bridgehead atoms. The van der Waals surface area contributed by atoms with Crippen LogP contribution in [-0.4, -0.2) is 65.1 Å². The summed E-state index contributed by atoms with van der Waals surface area (Å²) in [4.78, 5) is 21.2. The molecule has 2 radical (unpaired) electrons. The average Bonchev–Trinajstić information content (AvgIpc) is 2.59. The van der Waals surface area contributed by atoms with Crippen LogP contribution in [0, 0.1) is 25.2 Å². The van der Waals surface area contributed by atoms with Gasteiger partial charge in [-0.25, -0.2) is 0 Å². The van der Waals surface area contributed by atoms with Gasteiger partial charge in [0, 0.05) is 96.6 Å². The van der Waals surface area contributed by atoms with Crippen molar-refractivity contribution in [3.05, 3.63) is 13.8 Å². The van der Waals surface area contributed by atoms with E-state index in [2.05, 4.69) is 33.0 Å². The van der Waals surface area contributed by atoms with Crippen LogP contribution in [0.15, 0.2) is 0 Å². The fraction of sp³-hybridized carbons (Fsp3) is 0.852. The number of ketones is 1. The van der Waals surface area contributed by atoms with Crippen molar-refractivity contribution in [2.45, 2.75) is 112 Å². The first kappa shape index (κ1) is 46.8. The van der Waals surface area contributed by atoms with E-state index in [4.69, 9.17) is 19.7 Å². The molecule has 3 N–H and O–H groups in total. The first-order chi connectivity index (χ1) is 15.1. The van der Waals surface area contributed by atoms with Crippen molar-refractivity contribution < 1.29 is 94.7 Å². The maximum absolute atomic E-state index is 10.8. The third kappa shape index (κ3) is 34.9. The predicted octanol–water partition coefficient (Wildman–Crippen LogP) is 4.53. The molecule has 0 heterocycles. The monoisotopic (exact) mass is 667 g/mol. The smallest absolute Gasteiger partial charge is 0.0856 e. The number of hydrogen-bond acceptors (Lipinski definition) is 6. The van der Waals surface area contributed by atoms with Gasteiger partial charge < -0.3 is 48.4 Å². The summed E-state index contributed by atoms with van der Waals surface area (Å²) in [5.74, 6) is 0.386. The SMILES string of the molecule is CC(C)CCOC(C)(C)CO.[CH2-]C(=O)C(C)(C)C.[CH2-]C(=O)NC(C)(C)CCOC(C)(C)CCO.[Y].[Y]. The molecule has 0 atom stereocenters. The zero-order valence-corrected chi connectivity index (χ0v) is 30.8. The zero-order chi connectivity index (χ0) is 27.8. The molecule has 0 aliphatic carbocycles. The largest absolute Gasteiger partial charge is 0.396 e. The van der Waals surface area contributed by atoms with Crippen LogP contribution in [-0.2, 0) is 84.5 Å². The number of Topliss-reactive ketones (excluding diaryl/α,β-unsaturated/α-hetero) is 1. The quantitative estimate of drug-likeness (QED) is 0.265. The number of ether oxygens (including phenoxy) is 2. The van der Waals surface area contributed by atoms with Crippen molar-refractivity contribution in [2.75, 3.05) is 26.4 Å². The summed E-state index contributed by atoms with van der Waals surface area (Å²) in [6, 6.07) is 0. The van der Waals surface area contributed by atoms with Gasteiger partial charge >= 0.3 is 0 Å². The van der Waals surface area contributed by atoms with Gasteiger partial charge in [0.2, 0.25) is 0 Å². The van der Waals surface area contributed by atoms with Gasteiger partial charge in [0.25, 0.3) is 0 Å². The molecule has 0 aliphatic heterocycles. The molecule has 0 saturated heterocycles. The summed E-state index contributed by atoms with van der Waals surface area (Å²) < 4.78 is 11.1. The summed E-state index contributed by atoms with van der Waals surface area (Å²) in [6.07, 6.45) is 2.38. The number of aliphatic hydroxyl groups is 2. The van der Waals surface area contributed by atoms with Crippen LogP contribution in [0.5, 0.6) is 0 Å². The molecule has 0 aliphatic rings. The minimum absolute atomic E-state index is 0. The van der Waals surface area contributed by atoms with Gasteiger partial charge in [0.1, 0.15) is 0 Å². The Balaban J connectivity index is -0.000000140. The van der Waals surface area contributed by atoms with Gasteiger partial charge in [-0.2, -0.15) is 0 Å². The number of amides is 1. The summed E-state index contributed by atoms with van der Waals surface area (Å²) in [7, 11) is 0. The van der Waals surface area contributed by atoms with Gasteiger partial charge in [-0.3, -0.25) is 0 Å². The Labute approximate surface area is 273 Å². The van der Waals surface area contributed by atoms with Crippen LogP contribution in [0.4, 0.5) is 0 Å². The van der Waals surface area contributed by atoms with E-state index < -0.39 is 0 Å². The summed E-state index contributed by atoms with van der Waals surface area (Å²) in [6.45, 7) is 29.4. The van der Waals surface area contributed by atoms with Gasteiger partial charge in [0.05, 0.1) is 23.7 Å². The standard InChI is InChI=1S/C12H24NO3.C9H20O2.C6H11O.2Y/c1-10(15)13-11(2,3)7-9-16-12(4,5)6-8-14;1-8(2)5-6-11-9(3,4)7-10;1-5(7)6(2,3)4;;/h14H,1,6-9H2,2-5H3,(H,13,15);8,10H,5-7H2,1-4H3;1H2,2-4H3;;/q-1;;-1;;. The molecule has 9 heteroatoms. The van der Waals surface area contributed by atoms with E-state index in [1.807, 2.05) is 62.3 Å². The van der Waals surface area contributed by atoms with Crippen molar-refractivity contribution >= 4 is 11.7 Å². The van der Waals surface area contributed by atoms with Crippen molar-refractivity contribution in [3.63, 3.8) is 0 Å². The average molecular weight is 668 g/mol. The van der Waals surface area contributed by atoms with E-state index in [0.29, 0.717) is 25.4 Å². The van der Waals surface area contributed by atoms with Gasteiger partial charge in [-0.05, 0) is 72.1 Å². The second-order valence-corrected chi connectivity index (χ2v) is 11.9. The van der Waals surface area contributed by atoms with E-state index in [1.54, 1.807) is 0 Å². The van der Waals surface area contributed by atoms with E-state index >= 15 is 0 Å². The number of hydrogen-bond donors (Lipinski definition) is 3. The van der Waals surface area contributed by atoms with Crippen LogP contribution in [0.25, 0.3) is 0 Å². The first-order valence-corrected chi connectivity index (χ1v) is 12.1. The van der Waals surface area contributed by atoms with E-state index in [0.717, 1.165) is 13.0 Å². The second-order valence-electron chi connectivity index (χ2n) is 11.9. The van der Waals surface area contributed by atoms with E-state index in [9.17, 15) is 9.59 Å². The predicted molar refractivity (Wildman–Crippen MR) is 140 cm³/mol. The minimum Gasteiger partial charge on any atom is -0.396 e. The molecule has 36 heavy (non-hydrogen) atoms. The molecule has 1 amide bonds. The Hall–Kier alpha value is 0.928. The number of carbonyl (C=O) groups is 2. The molecule has 0 rings (SSSR count). The van der Waals surface area contributed by atoms with Crippen LogP contribution >= 0.6 is 0 Å². The van der Waals surface area contributed by atoms with E-state index in [1.165, 1.54) is 0 Å². The van der Waals surface area contributed by atoms with Crippen molar-refractivity contribution in [2.24, 2.45) is 11.3 Å². The van der Waals surface area contributed by atoms with Gasteiger partial charge in [-0.15, -0.1) is 0 Å². The van der Waals surface area contributed by atoms with E-state index in [-0.39, 0.29) is 112 Å². The zero-order valence-electron chi connectivity index (χ0n) is 25.1. The second kappa shape index (κ2) is 22.7.